The minimum Gasteiger partial charge on any atom is -0.347 e. The van der Waals surface area contributed by atoms with Crippen molar-refractivity contribution in [1.82, 2.24) is 20.0 Å². The number of nitrogens with one attached hydrogen (secondary N) is 1. The fourth-order valence-corrected chi connectivity index (χ4v) is 4.18. The summed E-state index contributed by atoms with van der Waals surface area (Å²) in [6.07, 6.45) is 0. The van der Waals surface area contributed by atoms with E-state index >= 15 is 0 Å². The first kappa shape index (κ1) is 19.6. The molecule has 0 saturated heterocycles. The summed E-state index contributed by atoms with van der Waals surface area (Å²) in [5.74, 6) is 0.492. The summed E-state index contributed by atoms with van der Waals surface area (Å²) >= 11 is 1.52. The lowest BCUT2D eigenvalue weighted by Crippen LogP contribution is -2.21. The van der Waals surface area contributed by atoms with E-state index in [1.165, 1.54) is 16.9 Å². The first-order valence-electron chi connectivity index (χ1n) is 9.31. The number of thiophene rings is 1. The molecule has 1 aromatic carbocycles. The van der Waals surface area contributed by atoms with Crippen molar-refractivity contribution in [2.24, 2.45) is 5.92 Å². The number of nitrogens with zero attached hydrogens (tertiary/aromatic N) is 3. The molecule has 1 amide bonds. The summed E-state index contributed by atoms with van der Waals surface area (Å²) in [5.41, 5.74) is 3.36. The van der Waals surface area contributed by atoms with Gasteiger partial charge in [-0.15, -0.1) is 11.3 Å². The molecule has 6 heteroatoms. The van der Waals surface area contributed by atoms with Crippen LogP contribution in [0, 0.1) is 12.8 Å². The number of hydrogen-bond donors (Lipinski definition) is 1. The summed E-state index contributed by atoms with van der Waals surface area (Å²) in [7, 11) is 4.11. The second-order valence-corrected chi connectivity index (χ2v) is 8.76. The van der Waals surface area contributed by atoms with Crippen molar-refractivity contribution in [3.05, 3.63) is 52.0 Å². The van der Waals surface area contributed by atoms with E-state index in [4.69, 9.17) is 0 Å². The minimum absolute atomic E-state index is 0.0240. The van der Waals surface area contributed by atoms with Crippen LogP contribution in [-0.2, 0) is 19.6 Å². The van der Waals surface area contributed by atoms with Gasteiger partial charge in [-0.2, -0.15) is 5.10 Å². The molecule has 0 aliphatic heterocycles. The largest absolute Gasteiger partial charge is 0.347 e. The quantitative estimate of drug-likeness (QED) is 0.668. The molecular formula is C21H28N4OS. The van der Waals surface area contributed by atoms with E-state index < -0.39 is 0 Å². The molecule has 0 bridgehead atoms. The molecule has 144 valence electrons. The van der Waals surface area contributed by atoms with E-state index in [0.29, 0.717) is 12.5 Å². The molecular weight excluding hydrogens is 356 g/mol. The average molecular weight is 385 g/mol. The van der Waals surface area contributed by atoms with E-state index in [1.54, 1.807) is 0 Å². The van der Waals surface area contributed by atoms with Crippen LogP contribution in [0.5, 0.6) is 0 Å². The highest BCUT2D eigenvalue weighted by molar-refractivity contribution is 7.20. The van der Waals surface area contributed by atoms with Crippen molar-refractivity contribution in [3.8, 4) is 0 Å². The summed E-state index contributed by atoms with van der Waals surface area (Å²) in [4.78, 5) is 16.6. The Kier molecular flexibility index (Phi) is 5.97. The number of carbonyl (C=O) groups excluding carboxylic acids is 1. The molecule has 0 atom stereocenters. The highest BCUT2D eigenvalue weighted by atomic mass is 32.1. The third kappa shape index (κ3) is 4.76. The Morgan fingerprint density at radius 2 is 1.89 bits per heavy atom. The van der Waals surface area contributed by atoms with Crippen LogP contribution in [0.4, 0.5) is 0 Å². The minimum atomic E-state index is -0.0240. The maximum atomic E-state index is 12.6. The van der Waals surface area contributed by atoms with E-state index in [0.717, 1.165) is 39.4 Å². The van der Waals surface area contributed by atoms with Gasteiger partial charge in [0.25, 0.3) is 5.91 Å². The van der Waals surface area contributed by atoms with E-state index in [1.807, 2.05) is 17.7 Å². The van der Waals surface area contributed by atoms with Crippen molar-refractivity contribution in [1.29, 1.82) is 0 Å². The lowest BCUT2D eigenvalue weighted by atomic mass is 10.1. The standard InChI is InChI=1S/C21H28N4OS/c1-14(2)12-25-21-18(15(3)23-25)10-19(27-21)20(26)22-11-16-6-8-17(9-7-16)13-24(4)5/h6-10,14H,11-13H2,1-5H3,(H,22,26). The van der Waals surface area contributed by atoms with Crippen LogP contribution >= 0.6 is 11.3 Å². The topological polar surface area (TPSA) is 50.2 Å². The molecule has 0 unspecified atom stereocenters. The molecule has 0 aliphatic carbocycles. The molecule has 0 radical (unpaired) electrons. The molecule has 0 spiro atoms. The Labute approximate surface area is 165 Å². The number of aryl methyl sites for hydroxylation is 1. The van der Waals surface area contributed by atoms with Gasteiger partial charge in [-0.25, -0.2) is 0 Å². The highest BCUT2D eigenvalue weighted by Crippen LogP contribution is 2.28. The van der Waals surface area contributed by atoms with Crippen LogP contribution in [0.15, 0.2) is 30.3 Å². The Morgan fingerprint density at radius 3 is 2.52 bits per heavy atom. The Balaban J connectivity index is 1.67. The summed E-state index contributed by atoms with van der Waals surface area (Å²) in [6.45, 7) is 8.67. The van der Waals surface area contributed by atoms with Crippen molar-refractivity contribution in [2.75, 3.05) is 14.1 Å². The van der Waals surface area contributed by atoms with Gasteiger partial charge in [-0.05, 0) is 44.1 Å². The van der Waals surface area contributed by atoms with Gasteiger partial charge in [0.2, 0.25) is 0 Å². The number of rotatable bonds is 7. The molecule has 2 aromatic heterocycles. The maximum absolute atomic E-state index is 12.6. The van der Waals surface area contributed by atoms with E-state index in [-0.39, 0.29) is 5.91 Å². The number of hydrogen-bond acceptors (Lipinski definition) is 4. The van der Waals surface area contributed by atoms with Crippen LogP contribution in [-0.4, -0.2) is 34.7 Å². The lowest BCUT2D eigenvalue weighted by Gasteiger charge is -2.10. The van der Waals surface area contributed by atoms with E-state index in [2.05, 4.69) is 67.5 Å². The van der Waals surface area contributed by atoms with Gasteiger partial charge >= 0.3 is 0 Å². The summed E-state index contributed by atoms with van der Waals surface area (Å²) in [5, 5.41) is 8.72. The zero-order valence-corrected chi connectivity index (χ0v) is 17.6. The highest BCUT2D eigenvalue weighted by Gasteiger charge is 2.16. The average Bonchev–Trinajstić information content (AvgIpc) is 3.15. The zero-order chi connectivity index (χ0) is 19.6. The molecule has 27 heavy (non-hydrogen) atoms. The predicted molar refractivity (Wildman–Crippen MR) is 112 cm³/mol. The van der Waals surface area contributed by atoms with Gasteiger partial charge in [0.15, 0.2) is 0 Å². The smallest absolute Gasteiger partial charge is 0.261 e. The van der Waals surface area contributed by atoms with Gasteiger partial charge in [0, 0.05) is 25.0 Å². The van der Waals surface area contributed by atoms with Gasteiger partial charge in [0.1, 0.15) is 4.83 Å². The molecule has 3 rings (SSSR count). The number of carbonyl (C=O) groups is 1. The van der Waals surface area contributed by atoms with Gasteiger partial charge in [-0.3, -0.25) is 9.48 Å². The number of aromatic nitrogens is 2. The Hall–Kier alpha value is -2.18. The first-order valence-corrected chi connectivity index (χ1v) is 10.1. The molecule has 0 fully saturated rings. The van der Waals surface area contributed by atoms with Crippen LogP contribution in [0.1, 0.15) is 40.3 Å². The predicted octanol–water partition coefficient (Wildman–Crippen LogP) is 4.05. The van der Waals surface area contributed by atoms with Crippen molar-refractivity contribution in [2.45, 2.75) is 40.4 Å². The number of benzene rings is 1. The molecule has 5 nitrogen and oxygen atoms in total. The molecule has 0 saturated carbocycles. The normalized spacial score (nSPS) is 11.7. The molecule has 2 heterocycles. The van der Waals surface area contributed by atoms with Gasteiger partial charge < -0.3 is 10.2 Å². The second kappa shape index (κ2) is 8.23. The van der Waals surface area contributed by atoms with Crippen LogP contribution in [0.2, 0.25) is 0 Å². The van der Waals surface area contributed by atoms with Crippen molar-refractivity contribution >= 4 is 27.5 Å². The Bertz CT molecular complexity index is 922. The fourth-order valence-electron chi connectivity index (χ4n) is 3.09. The summed E-state index contributed by atoms with van der Waals surface area (Å²) in [6, 6.07) is 10.4. The van der Waals surface area contributed by atoms with Crippen molar-refractivity contribution < 1.29 is 4.79 Å². The second-order valence-electron chi connectivity index (χ2n) is 7.73. The van der Waals surface area contributed by atoms with Crippen LogP contribution in [0.25, 0.3) is 10.2 Å². The number of amides is 1. The maximum Gasteiger partial charge on any atom is 0.261 e. The first-order chi connectivity index (χ1) is 12.8. The lowest BCUT2D eigenvalue weighted by molar-refractivity contribution is 0.0955. The monoisotopic (exact) mass is 384 g/mol. The SMILES string of the molecule is Cc1nn(CC(C)C)c2sc(C(=O)NCc3ccc(CN(C)C)cc3)cc12. The number of fused-ring (bicyclic) bond motifs is 1. The molecule has 3 aromatic rings. The summed E-state index contributed by atoms with van der Waals surface area (Å²) < 4.78 is 2.03. The van der Waals surface area contributed by atoms with Gasteiger partial charge in [0.05, 0.1) is 10.6 Å². The molecule has 1 N–H and O–H groups in total. The van der Waals surface area contributed by atoms with E-state index in [9.17, 15) is 4.79 Å². The van der Waals surface area contributed by atoms with Crippen LogP contribution in [0.3, 0.4) is 0 Å². The molecule has 0 aliphatic rings. The Morgan fingerprint density at radius 1 is 1.22 bits per heavy atom. The van der Waals surface area contributed by atoms with Crippen LogP contribution < -0.4 is 5.32 Å². The van der Waals surface area contributed by atoms with Crippen molar-refractivity contribution in [3.63, 3.8) is 0 Å². The zero-order valence-electron chi connectivity index (χ0n) is 16.7. The third-order valence-electron chi connectivity index (χ3n) is 4.34. The van der Waals surface area contributed by atoms with Gasteiger partial charge in [-0.1, -0.05) is 38.1 Å². The fraction of sp³-hybridized carbons (Fsp3) is 0.429. The third-order valence-corrected chi connectivity index (χ3v) is 5.49.